The van der Waals surface area contributed by atoms with Crippen LogP contribution in [-0.4, -0.2) is 41.2 Å². The van der Waals surface area contributed by atoms with Crippen molar-refractivity contribution in [1.29, 1.82) is 0 Å². The lowest BCUT2D eigenvalue weighted by atomic mass is 10.2. The van der Waals surface area contributed by atoms with Gasteiger partial charge in [0, 0.05) is 18.3 Å². The number of carboxylic acid groups (broad SMARTS) is 1. The number of thioether (sulfide) groups is 1. The molecule has 1 aliphatic rings. The Labute approximate surface area is 93.0 Å². The van der Waals surface area contributed by atoms with Gasteiger partial charge in [-0.2, -0.15) is 11.8 Å². The summed E-state index contributed by atoms with van der Waals surface area (Å²) >= 11 is 1.82. The number of urea groups is 1. The smallest absolute Gasteiger partial charge is 0.315 e. The van der Waals surface area contributed by atoms with Gasteiger partial charge in [-0.05, 0) is 12.2 Å². The summed E-state index contributed by atoms with van der Waals surface area (Å²) in [5, 5.41) is 14.0. The summed E-state index contributed by atoms with van der Waals surface area (Å²) in [6, 6.07) is -0.0364. The quantitative estimate of drug-likeness (QED) is 0.660. The lowest BCUT2D eigenvalue weighted by Crippen LogP contribution is -2.44. The third-order valence-electron chi connectivity index (χ3n) is 2.26. The Morgan fingerprint density at radius 2 is 2.33 bits per heavy atom. The highest BCUT2D eigenvalue weighted by atomic mass is 32.2. The van der Waals surface area contributed by atoms with E-state index in [1.165, 1.54) is 0 Å². The zero-order valence-corrected chi connectivity index (χ0v) is 9.47. The minimum Gasteiger partial charge on any atom is -0.481 e. The van der Waals surface area contributed by atoms with Crippen molar-refractivity contribution < 1.29 is 14.7 Å². The van der Waals surface area contributed by atoms with Gasteiger partial charge in [-0.15, -0.1) is 0 Å². The monoisotopic (exact) mass is 232 g/mol. The molecular weight excluding hydrogens is 216 g/mol. The second kappa shape index (κ2) is 5.85. The summed E-state index contributed by atoms with van der Waals surface area (Å²) in [6.07, 6.45) is 0.993. The molecule has 1 rings (SSSR count). The van der Waals surface area contributed by atoms with Gasteiger partial charge >= 0.3 is 12.0 Å². The fraction of sp³-hybridized carbons (Fsp3) is 0.778. The molecule has 1 fully saturated rings. The number of carbonyl (C=O) groups excluding carboxylic acids is 1. The summed E-state index contributed by atoms with van der Waals surface area (Å²) in [6.45, 7) is 1.73. The minimum absolute atomic E-state index is 0.168. The van der Waals surface area contributed by atoms with Gasteiger partial charge in [-0.3, -0.25) is 4.79 Å². The van der Waals surface area contributed by atoms with Gasteiger partial charge in [0.05, 0.1) is 5.92 Å². The summed E-state index contributed by atoms with van der Waals surface area (Å²) in [5.41, 5.74) is 0. The maximum Gasteiger partial charge on any atom is 0.315 e. The Morgan fingerprint density at radius 3 is 2.87 bits per heavy atom. The standard InChI is InChI=1S/C9H16N2O3S/c1-6(8(12)13)4-10-9(14)11-7-2-3-15-5-7/h6-7H,2-5H2,1H3,(H,12,13)(H2,10,11,14). The minimum atomic E-state index is -0.897. The van der Waals surface area contributed by atoms with Crippen LogP contribution in [0.15, 0.2) is 0 Å². The maximum absolute atomic E-state index is 11.3. The molecule has 5 nitrogen and oxygen atoms in total. The Hall–Kier alpha value is -0.910. The number of carboxylic acids is 1. The van der Waals surface area contributed by atoms with Crippen molar-refractivity contribution in [1.82, 2.24) is 10.6 Å². The van der Waals surface area contributed by atoms with E-state index in [-0.39, 0.29) is 18.6 Å². The fourth-order valence-corrected chi connectivity index (χ4v) is 2.37. The number of carbonyl (C=O) groups is 2. The molecule has 2 amide bonds. The van der Waals surface area contributed by atoms with Crippen LogP contribution in [-0.2, 0) is 4.79 Å². The first-order valence-electron chi connectivity index (χ1n) is 4.94. The van der Waals surface area contributed by atoms with E-state index in [0.29, 0.717) is 0 Å². The van der Waals surface area contributed by atoms with Crippen molar-refractivity contribution in [2.24, 2.45) is 5.92 Å². The summed E-state index contributed by atoms with van der Waals surface area (Å²) in [7, 11) is 0. The first kappa shape index (κ1) is 12.2. The predicted molar refractivity (Wildman–Crippen MR) is 59.1 cm³/mol. The van der Waals surface area contributed by atoms with E-state index in [1.807, 2.05) is 11.8 Å². The van der Waals surface area contributed by atoms with E-state index < -0.39 is 11.9 Å². The molecule has 2 atom stereocenters. The first-order valence-corrected chi connectivity index (χ1v) is 6.10. The molecule has 0 spiro atoms. The molecule has 0 aromatic carbocycles. The molecule has 0 aliphatic carbocycles. The topological polar surface area (TPSA) is 78.4 Å². The van der Waals surface area contributed by atoms with Crippen molar-refractivity contribution >= 4 is 23.8 Å². The van der Waals surface area contributed by atoms with Gasteiger partial charge < -0.3 is 15.7 Å². The Balaban J connectivity index is 2.15. The second-order valence-corrected chi connectivity index (χ2v) is 4.80. The molecular formula is C9H16N2O3S. The van der Waals surface area contributed by atoms with Crippen LogP contribution in [0.5, 0.6) is 0 Å². The Morgan fingerprint density at radius 1 is 1.60 bits per heavy atom. The SMILES string of the molecule is CC(CNC(=O)NC1CCSC1)C(=O)O. The third-order valence-corrected chi connectivity index (χ3v) is 3.42. The van der Waals surface area contributed by atoms with E-state index in [1.54, 1.807) is 6.92 Å². The highest BCUT2D eigenvalue weighted by Gasteiger charge is 2.18. The molecule has 0 radical (unpaired) electrons. The number of hydrogen-bond donors (Lipinski definition) is 3. The number of hydrogen-bond acceptors (Lipinski definition) is 3. The summed E-state index contributed by atoms with van der Waals surface area (Å²) in [5.74, 6) is 0.582. The van der Waals surface area contributed by atoms with Crippen LogP contribution in [0.3, 0.4) is 0 Å². The zero-order valence-electron chi connectivity index (χ0n) is 8.66. The van der Waals surface area contributed by atoms with Crippen molar-refractivity contribution in [3.05, 3.63) is 0 Å². The molecule has 3 N–H and O–H groups in total. The molecule has 1 heterocycles. The molecule has 2 unspecified atom stereocenters. The number of nitrogens with one attached hydrogen (secondary N) is 2. The van der Waals surface area contributed by atoms with Crippen LogP contribution in [0, 0.1) is 5.92 Å². The molecule has 1 aliphatic heterocycles. The fourth-order valence-electron chi connectivity index (χ4n) is 1.22. The number of amides is 2. The van der Waals surface area contributed by atoms with Crippen LogP contribution in [0.4, 0.5) is 4.79 Å². The third kappa shape index (κ3) is 4.42. The van der Waals surface area contributed by atoms with Gasteiger partial charge in [0.15, 0.2) is 0 Å². The molecule has 6 heteroatoms. The van der Waals surface area contributed by atoms with Crippen LogP contribution < -0.4 is 10.6 Å². The largest absolute Gasteiger partial charge is 0.481 e. The predicted octanol–water partition coefficient (Wildman–Crippen LogP) is 0.512. The van der Waals surface area contributed by atoms with E-state index in [0.717, 1.165) is 17.9 Å². The van der Waals surface area contributed by atoms with E-state index in [9.17, 15) is 9.59 Å². The Bertz CT molecular complexity index is 242. The molecule has 0 saturated carbocycles. The average Bonchev–Trinajstić information content (AvgIpc) is 2.66. The molecule has 0 bridgehead atoms. The van der Waals surface area contributed by atoms with E-state index in [4.69, 9.17) is 5.11 Å². The normalized spacial score (nSPS) is 22.1. The van der Waals surface area contributed by atoms with Crippen LogP contribution in [0.1, 0.15) is 13.3 Å². The van der Waals surface area contributed by atoms with E-state index >= 15 is 0 Å². The lowest BCUT2D eigenvalue weighted by Gasteiger charge is -2.13. The summed E-state index contributed by atoms with van der Waals surface area (Å²) < 4.78 is 0. The number of aliphatic carboxylic acids is 1. The molecule has 15 heavy (non-hydrogen) atoms. The Kier molecular flexibility index (Phi) is 4.74. The molecule has 0 aromatic rings. The van der Waals surface area contributed by atoms with Gasteiger partial charge in [0.25, 0.3) is 0 Å². The van der Waals surface area contributed by atoms with Gasteiger partial charge in [-0.1, -0.05) is 6.92 Å². The summed E-state index contributed by atoms with van der Waals surface area (Å²) in [4.78, 5) is 21.8. The highest BCUT2D eigenvalue weighted by Crippen LogP contribution is 2.16. The molecule has 0 aromatic heterocycles. The van der Waals surface area contributed by atoms with Crippen LogP contribution in [0.25, 0.3) is 0 Å². The maximum atomic E-state index is 11.3. The van der Waals surface area contributed by atoms with Crippen molar-refractivity contribution in [2.45, 2.75) is 19.4 Å². The van der Waals surface area contributed by atoms with Crippen LogP contribution in [0.2, 0.25) is 0 Å². The highest BCUT2D eigenvalue weighted by molar-refractivity contribution is 7.99. The molecule has 1 saturated heterocycles. The van der Waals surface area contributed by atoms with E-state index in [2.05, 4.69) is 10.6 Å². The van der Waals surface area contributed by atoms with Crippen molar-refractivity contribution in [3.8, 4) is 0 Å². The van der Waals surface area contributed by atoms with Gasteiger partial charge in [0.1, 0.15) is 0 Å². The second-order valence-electron chi connectivity index (χ2n) is 3.65. The van der Waals surface area contributed by atoms with Crippen molar-refractivity contribution in [2.75, 3.05) is 18.1 Å². The first-order chi connectivity index (χ1) is 7.09. The zero-order chi connectivity index (χ0) is 11.3. The lowest BCUT2D eigenvalue weighted by molar-refractivity contribution is -0.140. The van der Waals surface area contributed by atoms with Gasteiger partial charge in [-0.25, -0.2) is 4.79 Å². The van der Waals surface area contributed by atoms with Crippen molar-refractivity contribution in [3.63, 3.8) is 0 Å². The number of rotatable bonds is 4. The average molecular weight is 232 g/mol. The van der Waals surface area contributed by atoms with Gasteiger partial charge in [0.2, 0.25) is 0 Å². The van der Waals surface area contributed by atoms with Crippen LogP contribution >= 0.6 is 11.8 Å². The molecule has 86 valence electrons.